The molecule has 0 aliphatic rings. The summed E-state index contributed by atoms with van der Waals surface area (Å²) in [4.78, 5) is 9.04. The first kappa shape index (κ1) is 12.1. The summed E-state index contributed by atoms with van der Waals surface area (Å²) in [6.07, 6.45) is 0. The van der Waals surface area contributed by atoms with E-state index in [1.807, 2.05) is 13.0 Å². The summed E-state index contributed by atoms with van der Waals surface area (Å²) in [6.45, 7) is 12.3. The largest absolute Gasteiger partial charge is 0.311 e. The first-order valence-electron chi connectivity index (χ1n) is 5.49. The number of aryl methyl sites for hydroxylation is 1. The Bertz CT molecular complexity index is 326. The molecule has 0 saturated carbocycles. The lowest BCUT2D eigenvalue weighted by Crippen LogP contribution is -2.20. The molecule has 1 rings (SSSR count). The van der Waals surface area contributed by atoms with Crippen LogP contribution in [0.5, 0.6) is 0 Å². The molecule has 0 radical (unpaired) electrons. The van der Waals surface area contributed by atoms with Crippen molar-refractivity contribution in [2.24, 2.45) is 0 Å². The number of aromatic nitrogens is 2. The maximum Gasteiger partial charge on any atom is 0.134 e. The van der Waals surface area contributed by atoms with Gasteiger partial charge in [0.2, 0.25) is 0 Å². The third-order valence-corrected chi connectivity index (χ3v) is 2.13. The second kappa shape index (κ2) is 4.71. The van der Waals surface area contributed by atoms with Gasteiger partial charge in [0.25, 0.3) is 0 Å². The molecule has 0 saturated heterocycles. The van der Waals surface area contributed by atoms with Gasteiger partial charge in [0.05, 0.1) is 5.69 Å². The molecule has 0 fully saturated rings. The average molecular weight is 207 g/mol. The predicted molar refractivity (Wildman–Crippen MR) is 62.8 cm³/mol. The van der Waals surface area contributed by atoms with Crippen LogP contribution in [0.3, 0.4) is 0 Å². The first-order chi connectivity index (χ1) is 6.93. The minimum absolute atomic E-state index is 0.0208. The van der Waals surface area contributed by atoms with E-state index in [0.717, 1.165) is 30.3 Å². The second-order valence-corrected chi connectivity index (χ2v) is 4.85. The SMILES string of the molecule is CCNCc1cc(C)nc(C(C)(C)C)n1. The van der Waals surface area contributed by atoms with Crippen molar-refractivity contribution in [3.05, 3.63) is 23.3 Å². The lowest BCUT2D eigenvalue weighted by molar-refractivity contribution is 0.536. The smallest absolute Gasteiger partial charge is 0.134 e. The van der Waals surface area contributed by atoms with E-state index < -0.39 is 0 Å². The highest BCUT2D eigenvalue weighted by atomic mass is 14.9. The van der Waals surface area contributed by atoms with Gasteiger partial charge in [-0.1, -0.05) is 27.7 Å². The van der Waals surface area contributed by atoms with Gasteiger partial charge < -0.3 is 5.32 Å². The molecule has 3 heteroatoms. The fourth-order valence-electron chi connectivity index (χ4n) is 1.31. The van der Waals surface area contributed by atoms with Crippen LogP contribution in [-0.4, -0.2) is 16.5 Å². The molecule has 0 aliphatic carbocycles. The molecule has 0 bridgehead atoms. The van der Waals surface area contributed by atoms with E-state index in [4.69, 9.17) is 0 Å². The second-order valence-electron chi connectivity index (χ2n) is 4.85. The molecule has 0 aromatic carbocycles. The van der Waals surface area contributed by atoms with Crippen molar-refractivity contribution in [3.8, 4) is 0 Å². The van der Waals surface area contributed by atoms with Crippen molar-refractivity contribution in [3.63, 3.8) is 0 Å². The lowest BCUT2D eigenvalue weighted by Gasteiger charge is -2.18. The van der Waals surface area contributed by atoms with E-state index >= 15 is 0 Å². The third-order valence-electron chi connectivity index (χ3n) is 2.13. The minimum atomic E-state index is 0.0208. The summed E-state index contributed by atoms with van der Waals surface area (Å²) in [7, 11) is 0. The molecule has 0 amide bonds. The van der Waals surface area contributed by atoms with E-state index in [2.05, 4.69) is 43.0 Å². The molecule has 1 heterocycles. The van der Waals surface area contributed by atoms with Crippen molar-refractivity contribution in [2.75, 3.05) is 6.54 Å². The van der Waals surface area contributed by atoms with E-state index in [1.165, 1.54) is 0 Å². The van der Waals surface area contributed by atoms with Crippen molar-refractivity contribution >= 4 is 0 Å². The van der Waals surface area contributed by atoms with E-state index in [0.29, 0.717) is 0 Å². The summed E-state index contributed by atoms with van der Waals surface area (Å²) < 4.78 is 0. The molecular formula is C12H21N3. The van der Waals surface area contributed by atoms with Gasteiger partial charge >= 0.3 is 0 Å². The quantitative estimate of drug-likeness (QED) is 0.825. The average Bonchev–Trinajstić information content (AvgIpc) is 2.12. The molecule has 0 aliphatic heterocycles. The zero-order valence-electron chi connectivity index (χ0n) is 10.4. The van der Waals surface area contributed by atoms with Crippen LogP contribution in [0.4, 0.5) is 0 Å². The first-order valence-corrected chi connectivity index (χ1v) is 5.49. The maximum absolute atomic E-state index is 4.57. The summed E-state index contributed by atoms with van der Waals surface area (Å²) >= 11 is 0. The van der Waals surface area contributed by atoms with Gasteiger partial charge in [-0.15, -0.1) is 0 Å². The fourth-order valence-corrected chi connectivity index (χ4v) is 1.31. The highest BCUT2D eigenvalue weighted by Crippen LogP contribution is 2.18. The summed E-state index contributed by atoms with van der Waals surface area (Å²) in [5.74, 6) is 0.926. The molecule has 84 valence electrons. The van der Waals surface area contributed by atoms with Gasteiger partial charge in [0.1, 0.15) is 5.82 Å². The van der Waals surface area contributed by atoms with Gasteiger partial charge in [-0.05, 0) is 19.5 Å². The zero-order valence-corrected chi connectivity index (χ0v) is 10.4. The molecule has 0 spiro atoms. The standard InChI is InChI=1S/C12H21N3/c1-6-13-8-10-7-9(2)14-11(15-10)12(3,4)5/h7,13H,6,8H2,1-5H3. The van der Waals surface area contributed by atoms with Gasteiger partial charge in [-0.2, -0.15) is 0 Å². The van der Waals surface area contributed by atoms with Crippen molar-refractivity contribution in [2.45, 2.75) is 46.6 Å². The van der Waals surface area contributed by atoms with Crippen LogP contribution in [-0.2, 0) is 12.0 Å². The number of rotatable bonds is 3. The Balaban J connectivity index is 2.95. The van der Waals surface area contributed by atoms with E-state index in [-0.39, 0.29) is 5.41 Å². The molecule has 15 heavy (non-hydrogen) atoms. The van der Waals surface area contributed by atoms with Gasteiger partial charge in [-0.3, -0.25) is 0 Å². The van der Waals surface area contributed by atoms with Crippen LogP contribution in [0, 0.1) is 6.92 Å². The lowest BCUT2D eigenvalue weighted by atomic mass is 9.95. The van der Waals surface area contributed by atoms with Gasteiger partial charge in [0.15, 0.2) is 0 Å². The Morgan fingerprint density at radius 1 is 1.27 bits per heavy atom. The molecule has 1 N–H and O–H groups in total. The van der Waals surface area contributed by atoms with Crippen molar-refractivity contribution < 1.29 is 0 Å². The van der Waals surface area contributed by atoms with Crippen molar-refractivity contribution in [1.29, 1.82) is 0 Å². The molecule has 0 atom stereocenters. The van der Waals surface area contributed by atoms with Gasteiger partial charge in [-0.25, -0.2) is 9.97 Å². The number of nitrogens with one attached hydrogen (secondary N) is 1. The summed E-state index contributed by atoms with van der Waals surface area (Å²) in [5, 5.41) is 3.28. The van der Waals surface area contributed by atoms with Crippen LogP contribution in [0.15, 0.2) is 6.07 Å². The Hall–Kier alpha value is -0.960. The Morgan fingerprint density at radius 3 is 2.47 bits per heavy atom. The van der Waals surface area contributed by atoms with E-state index in [1.54, 1.807) is 0 Å². The normalized spacial score (nSPS) is 11.8. The minimum Gasteiger partial charge on any atom is -0.311 e. The number of hydrogen-bond donors (Lipinski definition) is 1. The monoisotopic (exact) mass is 207 g/mol. The van der Waals surface area contributed by atoms with Crippen LogP contribution in [0.1, 0.15) is 44.9 Å². The topological polar surface area (TPSA) is 37.8 Å². The van der Waals surface area contributed by atoms with Crippen LogP contribution in [0.2, 0.25) is 0 Å². The predicted octanol–water partition coefficient (Wildman–Crippen LogP) is 2.19. The number of nitrogens with zero attached hydrogens (tertiary/aromatic N) is 2. The van der Waals surface area contributed by atoms with Gasteiger partial charge in [0, 0.05) is 17.7 Å². The maximum atomic E-state index is 4.57. The van der Waals surface area contributed by atoms with Crippen molar-refractivity contribution in [1.82, 2.24) is 15.3 Å². The van der Waals surface area contributed by atoms with Crippen LogP contribution < -0.4 is 5.32 Å². The van der Waals surface area contributed by atoms with E-state index in [9.17, 15) is 0 Å². The van der Waals surface area contributed by atoms with Crippen LogP contribution in [0.25, 0.3) is 0 Å². The Morgan fingerprint density at radius 2 is 1.93 bits per heavy atom. The zero-order chi connectivity index (χ0) is 11.5. The number of hydrogen-bond acceptors (Lipinski definition) is 3. The van der Waals surface area contributed by atoms with Crippen LogP contribution >= 0.6 is 0 Å². The molecule has 3 nitrogen and oxygen atoms in total. The summed E-state index contributed by atoms with van der Waals surface area (Å²) in [6, 6.07) is 2.04. The molecule has 1 aromatic rings. The third kappa shape index (κ3) is 3.59. The fraction of sp³-hybridized carbons (Fsp3) is 0.667. The summed E-state index contributed by atoms with van der Waals surface area (Å²) in [5.41, 5.74) is 2.14. The molecular weight excluding hydrogens is 186 g/mol. The Labute approximate surface area is 92.3 Å². The highest BCUT2D eigenvalue weighted by molar-refractivity contribution is 5.14. The highest BCUT2D eigenvalue weighted by Gasteiger charge is 2.18. The molecule has 0 unspecified atom stereocenters. The Kier molecular flexibility index (Phi) is 3.80. The molecule has 1 aromatic heterocycles.